The van der Waals surface area contributed by atoms with E-state index in [4.69, 9.17) is 0 Å². The lowest BCUT2D eigenvalue weighted by molar-refractivity contribution is 0.0939. The van der Waals surface area contributed by atoms with Gasteiger partial charge in [0.15, 0.2) is 0 Å². The molecule has 16 heavy (non-hydrogen) atoms. The average Bonchev–Trinajstić information content (AvgIpc) is 2.68. The van der Waals surface area contributed by atoms with Gasteiger partial charge in [-0.25, -0.2) is 0 Å². The topological polar surface area (TPSA) is 29.1 Å². The predicted molar refractivity (Wildman–Crippen MR) is 68.5 cm³/mol. The summed E-state index contributed by atoms with van der Waals surface area (Å²) in [6, 6.07) is 6.02. The van der Waals surface area contributed by atoms with E-state index in [2.05, 4.69) is 33.4 Å². The Kier molecular flexibility index (Phi) is 3.44. The maximum Gasteiger partial charge on any atom is 0.251 e. The number of benzene rings is 1. The van der Waals surface area contributed by atoms with Gasteiger partial charge in [0, 0.05) is 16.1 Å². The minimum Gasteiger partial charge on any atom is -0.349 e. The van der Waals surface area contributed by atoms with Crippen LogP contribution in [-0.4, -0.2) is 11.9 Å². The highest BCUT2D eigenvalue weighted by Gasteiger charge is 2.14. The van der Waals surface area contributed by atoms with Crippen LogP contribution in [0.2, 0.25) is 0 Å². The summed E-state index contributed by atoms with van der Waals surface area (Å²) in [5.41, 5.74) is 1.81. The van der Waals surface area contributed by atoms with E-state index in [1.807, 2.05) is 25.1 Å². The van der Waals surface area contributed by atoms with E-state index in [-0.39, 0.29) is 11.9 Å². The van der Waals surface area contributed by atoms with Crippen LogP contribution in [0.4, 0.5) is 0 Å². The smallest absolute Gasteiger partial charge is 0.251 e. The van der Waals surface area contributed by atoms with Crippen LogP contribution in [0.25, 0.3) is 0 Å². The summed E-state index contributed by atoms with van der Waals surface area (Å²) in [6.07, 6.45) is 6.10. The van der Waals surface area contributed by atoms with E-state index in [1.54, 1.807) is 0 Å². The van der Waals surface area contributed by atoms with Crippen molar-refractivity contribution in [1.29, 1.82) is 0 Å². The van der Waals surface area contributed by atoms with E-state index in [9.17, 15) is 4.79 Å². The molecule has 0 saturated heterocycles. The molecule has 2 rings (SSSR count). The highest BCUT2D eigenvalue weighted by atomic mass is 79.9. The van der Waals surface area contributed by atoms with E-state index in [1.165, 1.54) is 0 Å². The van der Waals surface area contributed by atoms with Crippen LogP contribution in [0.1, 0.15) is 28.8 Å². The second kappa shape index (κ2) is 4.83. The SMILES string of the molecule is Cc1cc(Br)cc(C(=O)NC2CC=CC2)c1. The van der Waals surface area contributed by atoms with Crippen LogP contribution < -0.4 is 5.32 Å². The van der Waals surface area contributed by atoms with E-state index in [0.717, 1.165) is 28.4 Å². The molecule has 1 aliphatic carbocycles. The van der Waals surface area contributed by atoms with Crippen molar-refractivity contribution in [2.75, 3.05) is 0 Å². The molecule has 0 heterocycles. The average molecular weight is 280 g/mol. The van der Waals surface area contributed by atoms with Gasteiger partial charge in [-0.3, -0.25) is 4.79 Å². The lowest BCUT2D eigenvalue weighted by Crippen LogP contribution is -2.32. The van der Waals surface area contributed by atoms with Crippen molar-refractivity contribution in [3.8, 4) is 0 Å². The highest BCUT2D eigenvalue weighted by molar-refractivity contribution is 9.10. The number of nitrogens with one attached hydrogen (secondary N) is 1. The first-order valence-corrected chi connectivity index (χ1v) is 6.17. The summed E-state index contributed by atoms with van der Waals surface area (Å²) in [6.45, 7) is 1.98. The molecular weight excluding hydrogens is 266 g/mol. The number of carbonyl (C=O) groups excluding carboxylic acids is 1. The molecule has 1 aliphatic rings. The highest BCUT2D eigenvalue weighted by Crippen LogP contribution is 2.16. The molecule has 1 N–H and O–H groups in total. The zero-order valence-corrected chi connectivity index (χ0v) is 10.8. The largest absolute Gasteiger partial charge is 0.349 e. The van der Waals surface area contributed by atoms with Gasteiger partial charge in [0.05, 0.1) is 0 Å². The summed E-state index contributed by atoms with van der Waals surface area (Å²) in [7, 11) is 0. The van der Waals surface area contributed by atoms with Gasteiger partial charge in [0.25, 0.3) is 5.91 Å². The minimum absolute atomic E-state index is 0.0121. The fraction of sp³-hybridized carbons (Fsp3) is 0.308. The number of carbonyl (C=O) groups is 1. The van der Waals surface area contributed by atoms with Crippen molar-refractivity contribution < 1.29 is 4.79 Å². The molecule has 0 unspecified atom stereocenters. The maximum atomic E-state index is 11.9. The number of rotatable bonds is 2. The molecule has 0 fully saturated rings. The number of halogens is 1. The van der Waals surface area contributed by atoms with E-state index in [0.29, 0.717) is 0 Å². The lowest BCUT2D eigenvalue weighted by atomic mass is 10.1. The molecule has 1 aromatic carbocycles. The standard InChI is InChI=1S/C13H14BrNO/c1-9-6-10(8-11(14)7-9)13(16)15-12-4-2-3-5-12/h2-3,6-8,12H,4-5H2,1H3,(H,15,16). The molecule has 0 saturated carbocycles. The van der Waals surface area contributed by atoms with Gasteiger partial charge in [0.2, 0.25) is 0 Å². The number of hydrogen-bond donors (Lipinski definition) is 1. The van der Waals surface area contributed by atoms with Crippen molar-refractivity contribution in [3.05, 3.63) is 46.0 Å². The van der Waals surface area contributed by atoms with Crippen LogP contribution in [0.5, 0.6) is 0 Å². The molecule has 0 radical (unpaired) electrons. The van der Waals surface area contributed by atoms with Crippen molar-refractivity contribution in [2.24, 2.45) is 0 Å². The second-order valence-electron chi connectivity index (χ2n) is 4.13. The Balaban J connectivity index is 2.08. The maximum absolute atomic E-state index is 11.9. The molecule has 0 spiro atoms. The monoisotopic (exact) mass is 279 g/mol. The third-order valence-electron chi connectivity index (χ3n) is 2.65. The van der Waals surface area contributed by atoms with Gasteiger partial charge < -0.3 is 5.32 Å². The van der Waals surface area contributed by atoms with Gasteiger partial charge in [0.1, 0.15) is 0 Å². The Labute approximate surface area is 104 Å². The first kappa shape index (κ1) is 11.4. The van der Waals surface area contributed by atoms with Crippen LogP contribution >= 0.6 is 15.9 Å². The summed E-state index contributed by atoms with van der Waals surface area (Å²) in [4.78, 5) is 11.9. The fourth-order valence-corrected chi connectivity index (χ4v) is 2.48. The third kappa shape index (κ3) is 2.73. The first-order valence-electron chi connectivity index (χ1n) is 5.38. The minimum atomic E-state index is 0.0121. The quantitative estimate of drug-likeness (QED) is 0.828. The molecule has 3 heteroatoms. The first-order chi connectivity index (χ1) is 7.65. The van der Waals surface area contributed by atoms with Crippen molar-refractivity contribution in [2.45, 2.75) is 25.8 Å². The van der Waals surface area contributed by atoms with Crippen molar-refractivity contribution >= 4 is 21.8 Å². The Bertz CT molecular complexity index is 411. The van der Waals surface area contributed by atoms with E-state index >= 15 is 0 Å². The van der Waals surface area contributed by atoms with Gasteiger partial charge in [-0.05, 0) is 43.5 Å². The Morgan fingerprint density at radius 1 is 1.31 bits per heavy atom. The van der Waals surface area contributed by atoms with Gasteiger partial charge >= 0.3 is 0 Å². The van der Waals surface area contributed by atoms with E-state index < -0.39 is 0 Å². The Morgan fingerprint density at radius 2 is 2.00 bits per heavy atom. The van der Waals surface area contributed by atoms with Gasteiger partial charge in [-0.2, -0.15) is 0 Å². The Hall–Kier alpha value is -1.09. The Morgan fingerprint density at radius 3 is 2.62 bits per heavy atom. The van der Waals surface area contributed by atoms with Crippen molar-refractivity contribution in [1.82, 2.24) is 5.32 Å². The fourth-order valence-electron chi connectivity index (χ4n) is 1.87. The van der Waals surface area contributed by atoms with Crippen LogP contribution in [0, 0.1) is 6.92 Å². The normalized spacial score (nSPS) is 15.4. The summed E-state index contributed by atoms with van der Waals surface area (Å²) >= 11 is 3.40. The molecule has 0 bridgehead atoms. The number of hydrogen-bond acceptors (Lipinski definition) is 1. The number of amides is 1. The zero-order chi connectivity index (χ0) is 11.5. The lowest BCUT2D eigenvalue weighted by Gasteiger charge is -2.12. The molecular formula is C13H14BrNO. The van der Waals surface area contributed by atoms with Crippen LogP contribution in [0.3, 0.4) is 0 Å². The summed E-state index contributed by atoms with van der Waals surface area (Å²) < 4.78 is 0.946. The van der Waals surface area contributed by atoms with Crippen molar-refractivity contribution in [3.63, 3.8) is 0 Å². The third-order valence-corrected chi connectivity index (χ3v) is 3.11. The van der Waals surface area contributed by atoms with Gasteiger partial charge in [-0.15, -0.1) is 0 Å². The molecule has 2 nitrogen and oxygen atoms in total. The molecule has 84 valence electrons. The molecule has 1 amide bonds. The zero-order valence-electron chi connectivity index (χ0n) is 9.16. The molecule has 0 aromatic heterocycles. The van der Waals surface area contributed by atoms with Gasteiger partial charge in [-0.1, -0.05) is 28.1 Å². The van der Waals surface area contributed by atoms with Crippen LogP contribution in [-0.2, 0) is 0 Å². The molecule has 1 aromatic rings. The summed E-state index contributed by atoms with van der Waals surface area (Å²) in [5.74, 6) is 0.0121. The molecule has 0 atom stereocenters. The second-order valence-corrected chi connectivity index (χ2v) is 5.05. The summed E-state index contributed by atoms with van der Waals surface area (Å²) in [5, 5.41) is 3.03. The van der Waals surface area contributed by atoms with Crippen LogP contribution in [0.15, 0.2) is 34.8 Å². The molecule has 0 aliphatic heterocycles. The number of aryl methyl sites for hydroxylation is 1. The predicted octanol–water partition coefficient (Wildman–Crippen LogP) is 3.21.